The molecule has 3 aromatic rings. The Morgan fingerprint density at radius 2 is 1.83 bits per heavy atom. The van der Waals surface area contributed by atoms with Crippen LogP contribution < -0.4 is 4.90 Å². The predicted molar refractivity (Wildman–Crippen MR) is 113 cm³/mol. The van der Waals surface area contributed by atoms with Gasteiger partial charge in [0.25, 0.3) is 0 Å². The Bertz CT molecular complexity index is 1100. The Labute approximate surface area is 175 Å². The Morgan fingerprint density at radius 1 is 1.13 bits per heavy atom. The van der Waals surface area contributed by atoms with E-state index in [1.165, 1.54) is 0 Å². The number of amides is 1. The summed E-state index contributed by atoms with van der Waals surface area (Å²) in [5.74, 6) is 0. The molecule has 0 aliphatic carbocycles. The molecule has 8 heteroatoms. The van der Waals surface area contributed by atoms with E-state index >= 15 is 0 Å². The summed E-state index contributed by atoms with van der Waals surface area (Å²) in [6.45, 7) is 8.35. The SMILES string of the molecule is CC(C)(C)OC(=O)N1CCN(c2ccc(-c3cc4nccn4nc3C#N)cc2)CC1. The van der Waals surface area contributed by atoms with Gasteiger partial charge in [0.1, 0.15) is 11.7 Å². The van der Waals surface area contributed by atoms with Crippen LogP contribution in [0.3, 0.4) is 0 Å². The number of nitriles is 1. The van der Waals surface area contributed by atoms with E-state index in [4.69, 9.17) is 4.74 Å². The van der Waals surface area contributed by atoms with Crippen molar-refractivity contribution >= 4 is 17.4 Å². The third-order valence-corrected chi connectivity index (χ3v) is 4.97. The van der Waals surface area contributed by atoms with E-state index in [0.717, 1.165) is 29.9 Å². The molecular weight excluding hydrogens is 380 g/mol. The lowest BCUT2D eigenvalue weighted by Crippen LogP contribution is -2.50. The number of carbonyl (C=O) groups excluding carboxylic acids is 1. The van der Waals surface area contributed by atoms with Crippen LogP contribution in [0.4, 0.5) is 10.5 Å². The molecule has 0 N–H and O–H groups in total. The van der Waals surface area contributed by atoms with Gasteiger partial charge in [-0.15, -0.1) is 0 Å². The number of rotatable bonds is 2. The highest BCUT2D eigenvalue weighted by molar-refractivity contribution is 5.73. The van der Waals surface area contributed by atoms with Crippen molar-refractivity contribution in [3.05, 3.63) is 48.4 Å². The van der Waals surface area contributed by atoms with Crippen LogP contribution in [0.5, 0.6) is 0 Å². The first-order valence-electron chi connectivity index (χ1n) is 9.92. The minimum absolute atomic E-state index is 0.261. The summed E-state index contributed by atoms with van der Waals surface area (Å²) in [6.07, 6.45) is 3.12. The Balaban J connectivity index is 1.46. The number of nitrogens with zero attached hydrogens (tertiary/aromatic N) is 6. The van der Waals surface area contributed by atoms with Gasteiger partial charge in [0.05, 0.1) is 0 Å². The predicted octanol–water partition coefficient (Wildman–Crippen LogP) is 3.33. The minimum atomic E-state index is -0.486. The highest BCUT2D eigenvalue weighted by atomic mass is 16.6. The second-order valence-corrected chi connectivity index (χ2v) is 8.25. The van der Waals surface area contributed by atoms with E-state index in [2.05, 4.69) is 21.1 Å². The number of fused-ring (bicyclic) bond motifs is 1. The third kappa shape index (κ3) is 4.06. The van der Waals surface area contributed by atoms with Gasteiger partial charge in [0, 0.05) is 49.8 Å². The molecule has 0 bridgehead atoms. The summed E-state index contributed by atoms with van der Waals surface area (Å²) < 4.78 is 7.06. The van der Waals surface area contributed by atoms with Crippen LogP contribution in [0.1, 0.15) is 26.5 Å². The average molecular weight is 404 g/mol. The van der Waals surface area contributed by atoms with Gasteiger partial charge in [-0.1, -0.05) is 12.1 Å². The topological polar surface area (TPSA) is 86.8 Å². The molecule has 0 atom stereocenters. The van der Waals surface area contributed by atoms with Crippen molar-refractivity contribution in [3.63, 3.8) is 0 Å². The highest BCUT2D eigenvalue weighted by Gasteiger charge is 2.26. The van der Waals surface area contributed by atoms with Gasteiger partial charge in [-0.3, -0.25) is 0 Å². The fourth-order valence-corrected chi connectivity index (χ4v) is 3.48. The van der Waals surface area contributed by atoms with E-state index in [9.17, 15) is 10.1 Å². The first-order chi connectivity index (χ1) is 14.3. The quantitative estimate of drug-likeness (QED) is 0.651. The van der Waals surface area contributed by atoms with E-state index in [1.54, 1.807) is 21.8 Å². The first-order valence-corrected chi connectivity index (χ1v) is 9.92. The molecule has 0 radical (unpaired) electrons. The number of ether oxygens (including phenoxy) is 1. The summed E-state index contributed by atoms with van der Waals surface area (Å²) in [4.78, 5) is 20.5. The fourth-order valence-electron chi connectivity index (χ4n) is 3.48. The molecule has 8 nitrogen and oxygen atoms in total. The average Bonchev–Trinajstić information content (AvgIpc) is 3.19. The molecule has 1 aromatic carbocycles. The van der Waals surface area contributed by atoms with E-state index < -0.39 is 5.60 Å². The van der Waals surface area contributed by atoms with Gasteiger partial charge in [-0.25, -0.2) is 14.3 Å². The van der Waals surface area contributed by atoms with Crippen LogP contribution in [0, 0.1) is 11.3 Å². The van der Waals surface area contributed by atoms with Crippen LogP contribution in [-0.2, 0) is 4.74 Å². The zero-order valence-corrected chi connectivity index (χ0v) is 17.4. The van der Waals surface area contributed by atoms with Gasteiger partial charge < -0.3 is 14.5 Å². The lowest BCUT2D eigenvalue weighted by atomic mass is 10.0. The van der Waals surface area contributed by atoms with Crippen LogP contribution in [0.2, 0.25) is 0 Å². The highest BCUT2D eigenvalue weighted by Crippen LogP contribution is 2.26. The molecule has 1 saturated heterocycles. The molecule has 154 valence electrons. The molecule has 1 aliphatic rings. The monoisotopic (exact) mass is 404 g/mol. The number of hydrogen-bond acceptors (Lipinski definition) is 6. The molecule has 2 aromatic heterocycles. The number of hydrogen-bond donors (Lipinski definition) is 0. The number of carbonyl (C=O) groups is 1. The maximum atomic E-state index is 12.2. The summed E-state index contributed by atoms with van der Waals surface area (Å²) in [6, 6.07) is 12.1. The molecule has 0 spiro atoms. The van der Waals surface area contributed by atoms with Crippen molar-refractivity contribution in [1.82, 2.24) is 19.5 Å². The second kappa shape index (κ2) is 7.67. The standard InChI is InChI=1S/C22H24N6O2/c1-22(2,3)30-21(29)27-12-10-26(11-13-27)17-6-4-16(5-7-17)18-14-20-24-8-9-28(20)25-19(18)15-23/h4-9,14H,10-13H2,1-3H3. The molecule has 0 saturated carbocycles. The molecule has 1 aliphatic heterocycles. The Hall–Kier alpha value is -3.60. The maximum Gasteiger partial charge on any atom is 0.410 e. The van der Waals surface area contributed by atoms with Gasteiger partial charge in [-0.05, 0) is 44.5 Å². The summed E-state index contributed by atoms with van der Waals surface area (Å²) in [5, 5.41) is 13.8. The number of piperazine rings is 1. The minimum Gasteiger partial charge on any atom is -0.444 e. The molecule has 3 heterocycles. The van der Waals surface area contributed by atoms with Gasteiger partial charge in [0.15, 0.2) is 11.3 Å². The normalized spacial score (nSPS) is 14.6. The zero-order valence-electron chi connectivity index (χ0n) is 17.4. The molecule has 0 unspecified atom stereocenters. The molecule has 4 rings (SSSR count). The maximum absolute atomic E-state index is 12.2. The third-order valence-electron chi connectivity index (χ3n) is 4.97. The van der Waals surface area contributed by atoms with Crippen LogP contribution >= 0.6 is 0 Å². The van der Waals surface area contributed by atoms with Crippen LogP contribution in [-0.4, -0.2) is 57.4 Å². The van der Waals surface area contributed by atoms with Crippen LogP contribution in [0.15, 0.2) is 42.7 Å². The van der Waals surface area contributed by atoms with Crippen molar-refractivity contribution < 1.29 is 9.53 Å². The van der Waals surface area contributed by atoms with Crippen molar-refractivity contribution in [2.75, 3.05) is 31.1 Å². The summed E-state index contributed by atoms with van der Waals surface area (Å²) in [7, 11) is 0. The van der Waals surface area contributed by atoms with E-state index in [1.807, 2.05) is 51.1 Å². The Morgan fingerprint density at radius 3 is 2.47 bits per heavy atom. The fraction of sp³-hybridized carbons (Fsp3) is 0.364. The number of imidazole rings is 1. The van der Waals surface area contributed by atoms with E-state index in [-0.39, 0.29) is 6.09 Å². The summed E-state index contributed by atoms with van der Waals surface area (Å²) in [5.41, 5.74) is 3.33. The van der Waals surface area contributed by atoms with Crippen molar-refractivity contribution in [2.24, 2.45) is 0 Å². The number of benzene rings is 1. The second-order valence-electron chi connectivity index (χ2n) is 8.25. The zero-order chi connectivity index (χ0) is 21.3. The molecular formula is C22H24N6O2. The van der Waals surface area contributed by atoms with Gasteiger partial charge in [-0.2, -0.15) is 10.4 Å². The van der Waals surface area contributed by atoms with Crippen molar-refractivity contribution in [2.45, 2.75) is 26.4 Å². The smallest absolute Gasteiger partial charge is 0.410 e. The lowest BCUT2D eigenvalue weighted by molar-refractivity contribution is 0.0240. The largest absolute Gasteiger partial charge is 0.444 e. The summed E-state index contributed by atoms with van der Waals surface area (Å²) >= 11 is 0. The van der Waals surface area contributed by atoms with Crippen LogP contribution in [0.25, 0.3) is 16.8 Å². The first kappa shape index (κ1) is 19.7. The van der Waals surface area contributed by atoms with Gasteiger partial charge >= 0.3 is 6.09 Å². The number of aromatic nitrogens is 3. The molecule has 30 heavy (non-hydrogen) atoms. The number of anilines is 1. The van der Waals surface area contributed by atoms with Gasteiger partial charge in [0.2, 0.25) is 0 Å². The lowest BCUT2D eigenvalue weighted by Gasteiger charge is -2.36. The Kier molecular flexibility index (Phi) is 5.04. The molecule has 1 fully saturated rings. The van der Waals surface area contributed by atoms with E-state index in [0.29, 0.717) is 24.4 Å². The van der Waals surface area contributed by atoms with Crippen molar-refractivity contribution in [3.8, 4) is 17.2 Å². The van der Waals surface area contributed by atoms with Crippen molar-refractivity contribution in [1.29, 1.82) is 5.26 Å². The molecule has 1 amide bonds.